The molecule has 0 saturated carbocycles. The fourth-order valence-corrected chi connectivity index (χ4v) is 2.87. The van der Waals surface area contributed by atoms with Crippen molar-refractivity contribution in [2.45, 2.75) is 13.8 Å². The standard InChI is InChI=1S/C21H21FN2O3/c1-13-4-5-14(2)19(10-13)27-9-8-24(3)21(26)17-12-20(25)23-18-7-6-15(22)11-16(17)18/h4-7,10-12H,8-9H2,1-3H3,(H,23,25). The van der Waals surface area contributed by atoms with Gasteiger partial charge in [0.15, 0.2) is 0 Å². The monoisotopic (exact) mass is 368 g/mol. The van der Waals surface area contributed by atoms with Gasteiger partial charge in [0.25, 0.3) is 5.91 Å². The lowest BCUT2D eigenvalue weighted by molar-refractivity contribution is 0.0775. The van der Waals surface area contributed by atoms with E-state index < -0.39 is 11.4 Å². The smallest absolute Gasteiger partial charge is 0.254 e. The molecule has 0 radical (unpaired) electrons. The van der Waals surface area contributed by atoms with Gasteiger partial charge in [0.1, 0.15) is 18.2 Å². The first-order chi connectivity index (χ1) is 12.8. The first-order valence-corrected chi connectivity index (χ1v) is 8.63. The van der Waals surface area contributed by atoms with Gasteiger partial charge in [0.05, 0.1) is 12.1 Å². The molecule has 0 aliphatic carbocycles. The van der Waals surface area contributed by atoms with Crippen molar-refractivity contribution in [3.8, 4) is 5.75 Å². The second-order valence-corrected chi connectivity index (χ2v) is 6.58. The van der Waals surface area contributed by atoms with Gasteiger partial charge in [-0.25, -0.2) is 4.39 Å². The number of benzene rings is 2. The quantitative estimate of drug-likeness (QED) is 0.750. The van der Waals surface area contributed by atoms with Crippen LogP contribution in [-0.4, -0.2) is 36.0 Å². The number of H-pyrrole nitrogens is 1. The summed E-state index contributed by atoms with van der Waals surface area (Å²) in [5, 5.41) is 0.377. The fraction of sp³-hybridized carbons (Fsp3) is 0.238. The zero-order valence-electron chi connectivity index (χ0n) is 15.5. The Morgan fingerprint density at radius 3 is 2.70 bits per heavy atom. The molecule has 6 heteroatoms. The molecule has 0 saturated heterocycles. The van der Waals surface area contributed by atoms with Crippen LogP contribution < -0.4 is 10.3 Å². The van der Waals surface area contributed by atoms with Crippen LogP contribution in [0, 0.1) is 19.7 Å². The van der Waals surface area contributed by atoms with Crippen LogP contribution in [-0.2, 0) is 0 Å². The molecule has 0 spiro atoms. The second-order valence-electron chi connectivity index (χ2n) is 6.58. The van der Waals surface area contributed by atoms with E-state index in [4.69, 9.17) is 4.74 Å². The van der Waals surface area contributed by atoms with Crippen LogP contribution in [0.5, 0.6) is 5.75 Å². The number of aryl methyl sites for hydroxylation is 2. The van der Waals surface area contributed by atoms with Gasteiger partial charge in [-0.1, -0.05) is 12.1 Å². The summed E-state index contributed by atoms with van der Waals surface area (Å²) < 4.78 is 19.4. The molecule has 140 valence electrons. The molecule has 3 rings (SSSR count). The van der Waals surface area contributed by atoms with Crippen LogP contribution >= 0.6 is 0 Å². The molecular weight excluding hydrogens is 347 g/mol. The number of hydrogen-bond donors (Lipinski definition) is 1. The Hall–Kier alpha value is -3.15. The number of amides is 1. The molecule has 5 nitrogen and oxygen atoms in total. The minimum atomic E-state index is -0.468. The maximum absolute atomic E-state index is 13.6. The van der Waals surface area contributed by atoms with E-state index in [1.165, 1.54) is 29.2 Å². The van der Waals surface area contributed by atoms with Crippen molar-refractivity contribution >= 4 is 16.8 Å². The molecule has 0 bridgehead atoms. The zero-order chi connectivity index (χ0) is 19.6. The minimum Gasteiger partial charge on any atom is -0.491 e. The topological polar surface area (TPSA) is 62.4 Å². The summed E-state index contributed by atoms with van der Waals surface area (Å²) in [5.74, 6) is -0.0507. The van der Waals surface area contributed by atoms with Crippen LogP contribution in [0.25, 0.3) is 10.9 Å². The number of fused-ring (bicyclic) bond motifs is 1. The van der Waals surface area contributed by atoms with Crippen molar-refractivity contribution in [2.75, 3.05) is 20.2 Å². The van der Waals surface area contributed by atoms with Crippen LogP contribution in [0.4, 0.5) is 4.39 Å². The van der Waals surface area contributed by atoms with E-state index >= 15 is 0 Å². The molecule has 0 aliphatic rings. The molecular formula is C21H21FN2O3. The van der Waals surface area contributed by atoms with Crippen molar-refractivity contribution in [3.63, 3.8) is 0 Å². The minimum absolute atomic E-state index is 0.169. The van der Waals surface area contributed by atoms with Crippen LogP contribution in [0.15, 0.2) is 47.3 Å². The highest BCUT2D eigenvalue weighted by molar-refractivity contribution is 6.05. The van der Waals surface area contributed by atoms with Crippen LogP contribution in [0.2, 0.25) is 0 Å². The number of carbonyl (C=O) groups excluding carboxylic acids is 1. The Labute approximate surface area is 156 Å². The third kappa shape index (κ3) is 4.16. The SMILES string of the molecule is Cc1ccc(C)c(OCCN(C)C(=O)c2cc(=O)[nH]c3ccc(F)cc23)c1. The van der Waals surface area contributed by atoms with Crippen molar-refractivity contribution in [1.29, 1.82) is 0 Å². The number of pyridine rings is 1. The normalized spacial score (nSPS) is 10.8. The van der Waals surface area contributed by atoms with Gasteiger partial charge in [0.2, 0.25) is 5.56 Å². The van der Waals surface area contributed by atoms with Gasteiger partial charge in [0, 0.05) is 24.0 Å². The first kappa shape index (κ1) is 18.6. The van der Waals surface area contributed by atoms with E-state index in [9.17, 15) is 14.0 Å². The molecule has 0 unspecified atom stereocenters. The van der Waals surface area contributed by atoms with Gasteiger partial charge >= 0.3 is 0 Å². The van der Waals surface area contributed by atoms with Gasteiger partial charge in [-0.2, -0.15) is 0 Å². The molecule has 0 atom stereocenters. The van der Waals surface area contributed by atoms with E-state index in [1.807, 2.05) is 32.0 Å². The van der Waals surface area contributed by atoms with E-state index in [2.05, 4.69) is 4.98 Å². The third-order valence-corrected chi connectivity index (χ3v) is 4.41. The summed E-state index contributed by atoms with van der Waals surface area (Å²) in [5.41, 5.74) is 2.30. The Morgan fingerprint density at radius 2 is 1.93 bits per heavy atom. The number of nitrogens with zero attached hydrogens (tertiary/aromatic N) is 1. The predicted molar refractivity (Wildman–Crippen MR) is 103 cm³/mol. The zero-order valence-corrected chi connectivity index (χ0v) is 15.5. The number of aromatic amines is 1. The number of hydrogen-bond acceptors (Lipinski definition) is 3. The van der Waals surface area contributed by atoms with E-state index in [0.717, 1.165) is 16.9 Å². The van der Waals surface area contributed by atoms with Gasteiger partial charge in [-0.15, -0.1) is 0 Å². The van der Waals surface area contributed by atoms with Gasteiger partial charge < -0.3 is 14.6 Å². The maximum atomic E-state index is 13.6. The third-order valence-electron chi connectivity index (χ3n) is 4.41. The Bertz CT molecular complexity index is 1060. The predicted octanol–water partition coefficient (Wildman–Crippen LogP) is 3.44. The average Bonchev–Trinajstić information content (AvgIpc) is 2.63. The molecule has 1 aromatic heterocycles. The van der Waals surface area contributed by atoms with E-state index in [1.54, 1.807) is 7.05 Å². The summed E-state index contributed by atoms with van der Waals surface area (Å²) in [7, 11) is 1.63. The number of halogens is 1. The fourth-order valence-electron chi connectivity index (χ4n) is 2.87. The van der Waals surface area contributed by atoms with Crippen molar-refractivity contribution < 1.29 is 13.9 Å². The van der Waals surface area contributed by atoms with E-state index in [0.29, 0.717) is 24.1 Å². The van der Waals surface area contributed by atoms with Gasteiger partial charge in [-0.05, 0) is 49.2 Å². The molecule has 3 aromatic rings. The first-order valence-electron chi connectivity index (χ1n) is 8.63. The summed E-state index contributed by atoms with van der Waals surface area (Å²) in [6.45, 7) is 4.58. The number of ether oxygens (including phenoxy) is 1. The summed E-state index contributed by atoms with van der Waals surface area (Å²) in [6, 6.07) is 11.1. The molecule has 0 fully saturated rings. The molecule has 2 aromatic carbocycles. The highest BCUT2D eigenvalue weighted by atomic mass is 19.1. The Kier molecular flexibility index (Phi) is 5.26. The lowest BCUT2D eigenvalue weighted by Gasteiger charge is -2.19. The highest BCUT2D eigenvalue weighted by Gasteiger charge is 2.17. The van der Waals surface area contributed by atoms with Crippen LogP contribution in [0.1, 0.15) is 21.5 Å². The molecule has 27 heavy (non-hydrogen) atoms. The molecule has 1 heterocycles. The van der Waals surface area contributed by atoms with Crippen molar-refractivity contribution in [2.24, 2.45) is 0 Å². The summed E-state index contributed by atoms with van der Waals surface area (Å²) in [6.07, 6.45) is 0. The number of rotatable bonds is 5. The highest BCUT2D eigenvalue weighted by Crippen LogP contribution is 2.20. The summed E-state index contributed by atoms with van der Waals surface area (Å²) >= 11 is 0. The average molecular weight is 368 g/mol. The number of nitrogens with one attached hydrogen (secondary N) is 1. The van der Waals surface area contributed by atoms with E-state index in [-0.39, 0.29) is 11.5 Å². The van der Waals surface area contributed by atoms with Crippen LogP contribution in [0.3, 0.4) is 0 Å². The number of aromatic nitrogens is 1. The second kappa shape index (κ2) is 7.61. The van der Waals surface area contributed by atoms with Gasteiger partial charge in [-0.3, -0.25) is 9.59 Å². The number of carbonyl (C=O) groups is 1. The molecule has 1 amide bonds. The Morgan fingerprint density at radius 1 is 1.15 bits per heavy atom. The Balaban J connectivity index is 1.76. The molecule has 0 aliphatic heterocycles. The largest absolute Gasteiger partial charge is 0.491 e. The number of likely N-dealkylation sites (N-methyl/N-ethyl adjacent to an activating group) is 1. The molecule has 1 N–H and O–H groups in total. The van der Waals surface area contributed by atoms with Crippen molar-refractivity contribution in [3.05, 3.63) is 75.3 Å². The summed E-state index contributed by atoms with van der Waals surface area (Å²) in [4.78, 5) is 28.7. The van der Waals surface area contributed by atoms with Crippen molar-refractivity contribution in [1.82, 2.24) is 9.88 Å². The lowest BCUT2D eigenvalue weighted by atomic mass is 10.1. The maximum Gasteiger partial charge on any atom is 0.254 e. The lowest BCUT2D eigenvalue weighted by Crippen LogP contribution is -2.31.